The van der Waals surface area contributed by atoms with Crippen LogP contribution in [0.2, 0.25) is 0 Å². The third-order valence-corrected chi connectivity index (χ3v) is 2.18. The van der Waals surface area contributed by atoms with Gasteiger partial charge in [0.25, 0.3) is 5.89 Å². The molecule has 0 amide bonds. The Labute approximate surface area is 102 Å². The molecule has 0 atom stereocenters. The van der Waals surface area contributed by atoms with Gasteiger partial charge in [-0.15, -0.1) is 0 Å². The lowest BCUT2D eigenvalue weighted by Crippen LogP contribution is -2.05. The summed E-state index contributed by atoms with van der Waals surface area (Å²) in [6.45, 7) is 3.96. The molecule has 0 aliphatic rings. The number of halogens is 1. The van der Waals surface area contributed by atoms with Crippen molar-refractivity contribution in [1.82, 2.24) is 10.1 Å². The van der Waals surface area contributed by atoms with E-state index in [2.05, 4.69) is 26.1 Å². The molecular formula is C11H11BrN2O2. The van der Waals surface area contributed by atoms with Crippen LogP contribution in [0.25, 0.3) is 11.5 Å². The smallest absolute Gasteiger partial charge is 0.258 e. The number of ether oxygens (including phenoxy) is 1. The van der Waals surface area contributed by atoms with Crippen molar-refractivity contribution in [3.63, 3.8) is 0 Å². The largest absolute Gasteiger partial charge is 0.491 e. The highest BCUT2D eigenvalue weighted by Crippen LogP contribution is 2.23. The molecule has 0 radical (unpaired) electrons. The van der Waals surface area contributed by atoms with Crippen LogP contribution in [0.5, 0.6) is 5.75 Å². The summed E-state index contributed by atoms with van der Waals surface area (Å²) < 4.78 is 11.1. The van der Waals surface area contributed by atoms with Gasteiger partial charge in [0.05, 0.1) is 6.10 Å². The van der Waals surface area contributed by atoms with Crippen molar-refractivity contribution in [2.45, 2.75) is 20.0 Å². The van der Waals surface area contributed by atoms with Crippen LogP contribution in [0.4, 0.5) is 0 Å². The Hall–Kier alpha value is -1.36. The molecule has 16 heavy (non-hydrogen) atoms. The molecule has 4 nitrogen and oxygen atoms in total. The van der Waals surface area contributed by atoms with E-state index in [1.165, 1.54) is 0 Å². The molecule has 84 valence electrons. The molecule has 2 rings (SSSR count). The summed E-state index contributed by atoms with van der Waals surface area (Å²) in [4.78, 5) is 4.08. The van der Waals surface area contributed by atoms with Gasteiger partial charge in [-0.25, -0.2) is 0 Å². The molecule has 0 N–H and O–H groups in total. The van der Waals surface area contributed by atoms with Gasteiger partial charge in [-0.2, -0.15) is 4.98 Å². The standard InChI is InChI=1S/C11H11BrN2O2/c1-7(2)15-9-5-3-4-8(6-9)10-13-11(12)14-16-10/h3-7H,1-2H3. The Bertz CT molecular complexity index is 482. The first-order chi connectivity index (χ1) is 7.65. The van der Waals surface area contributed by atoms with Crippen molar-refractivity contribution < 1.29 is 9.26 Å². The summed E-state index contributed by atoms with van der Waals surface area (Å²) in [7, 11) is 0. The summed E-state index contributed by atoms with van der Waals surface area (Å²) in [6, 6.07) is 7.56. The quantitative estimate of drug-likeness (QED) is 0.867. The van der Waals surface area contributed by atoms with E-state index in [1.807, 2.05) is 38.1 Å². The average molecular weight is 283 g/mol. The van der Waals surface area contributed by atoms with E-state index in [4.69, 9.17) is 9.26 Å². The molecule has 0 fully saturated rings. The molecule has 0 saturated carbocycles. The zero-order chi connectivity index (χ0) is 11.5. The lowest BCUT2D eigenvalue weighted by atomic mass is 10.2. The number of rotatable bonds is 3. The lowest BCUT2D eigenvalue weighted by Gasteiger charge is -2.09. The van der Waals surface area contributed by atoms with E-state index >= 15 is 0 Å². The number of aromatic nitrogens is 2. The summed E-state index contributed by atoms with van der Waals surface area (Å²) in [5.41, 5.74) is 0.844. The summed E-state index contributed by atoms with van der Waals surface area (Å²) >= 11 is 3.14. The van der Waals surface area contributed by atoms with Crippen LogP contribution in [-0.4, -0.2) is 16.2 Å². The van der Waals surface area contributed by atoms with E-state index in [-0.39, 0.29) is 6.10 Å². The maximum Gasteiger partial charge on any atom is 0.258 e. The van der Waals surface area contributed by atoms with Crippen molar-refractivity contribution in [1.29, 1.82) is 0 Å². The minimum Gasteiger partial charge on any atom is -0.491 e. The molecule has 0 spiro atoms. The molecule has 0 bridgehead atoms. The van der Waals surface area contributed by atoms with E-state index in [1.54, 1.807) is 0 Å². The van der Waals surface area contributed by atoms with Gasteiger partial charge in [0, 0.05) is 5.56 Å². The van der Waals surface area contributed by atoms with Gasteiger partial charge in [0.15, 0.2) is 0 Å². The second-order valence-electron chi connectivity index (χ2n) is 3.56. The average Bonchev–Trinajstić information content (AvgIpc) is 2.64. The van der Waals surface area contributed by atoms with Crippen LogP contribution < -0.4 is 4.74 Å². The minimum absolute atomic E-state index is 0.143. The maximum absolute atomic E-state index is 5.58. The number of benzene rings is 1. The highest BCUT2D eigenvalue weighted by Gasteiger charge is 2.08. The van der Waals surface area contributed by atoms with Crippen LogP contribution in [-0.2, 0) is 0 Å². The zero-order valence-electron chi connectivity index (χ0n) is 8.98. The van der Waals surface area contributed by atoms with E-state index in [0.29, 0.717) is 10.6 Å². The Morgan fingerprint density at radius 1 is 1.38 bits per heavy atom. The molecule has 1 aromatic carbocycles. The highest BCUT2D eigenvalue weighted by atomic mass is 79.9. The molecular weight excluding hydrogens is 272 g/mol. The van der Waals surface area contributed by atoms with Gasteiger partial charge in [-0.05, 0) is 53.1 Å². The second kappa shape index (κ2) is 4.65. The molecule has 1 heterocycles. The van der Waals surface area contributed by atoms with Crippen molar-refractivity contribution >= 4 is 15.9 Å². The van der Waals surface area contributed by atoms with E-state index < -0.39 is 0 Å². The van der Waals surface area contributed by atoms with Crippen LogP contribution in [0, 0.1) is 0 Å². The van der Waals surface area contributed by atoms with Gasteiger partial charge >= 0.3 is 0 Å². The Kier molecular flexibility index (Phi) is 3.24. The van der Waals surface area contributed by atoms with Crippen LogP contribution in [0.15, 0.2) is 33.5 Å². The summed E-state index contributed by atoms with van der Waals surface area (Å²) in [6.07, 6.45) is 0.143. The SMILES string of the molecule is CC(C)Oc1cccc(-c2nc(Br)no2)c1. The normalized spacial score (nSPS) is 10.8. The first-order valence-corrected chi connectivity index (χ1v) is 5.71. The maximum atomic E-state index is 5.58. The fraction of sp³-hybridized carbons (Fsp3) is 0.273. The van der Waals surface area contributed by atoms with Gasteiger partial charge in [0.1, 0.15) is 5.75 Å². The Morgan fingerprint density at radius 2 is 2.19 bits per heavy atom. The van der Waals surface area contributed by atoms with Crippen LogP contribution in [0.1, 0.15) is 13.8 Å². The van der Waals surface area contributed by atoms with Crippen LogP contribution in [0.3, 0.4) is 0 Å². The van der Waals surface area contributed by atoms with Gasteiger partial charge in [-0.3, -0.25) is 0 Å². The van der Waals surface area contributed by atoms with Crippen molar-refractivity contribution in [2.75, 3.05) is 0 Å². The Balaban J connectivity index is 2.28. The monoisotopic (exact) mass is 282 g/mol. The van der Waals surface area contributed by atoms with Gasteiger partial charge < -0.3 is 9.26 Å². The predicted molar refractivity (Wildman–Crippen MR) is 63.2 cm³/mol. The minimum atomic E-state index is 0.143. The lowest BCUT2D eigenvalue weighted by molar-refractivity contribution is 0.242. The third-order valence-electron chi connectivity index (χ3n) is 1.85. The summed E-state index contributed by atoms with van der Waals surface area (Å²) in [5, 5.41) is 3.67. The van der Waals surface area contributed by atoms with Gasteiger partial charge in [-0.1, -0.05) is 6.07 Å². The van der Waals surface area contributed by atoms with Crippen molar-refractivity contribution in [3.8, 4) is 17.2 Å². The molecule has 2 aromatic rings. The van der Waals surface area contributed by atoms with E-state index in [9.17, 15) is 0 Å². The van der Waals surface area contributed by atoms with E-state index in [0.717, 1.165) is 11.3 Å². The molecule has 0 saturated heterocycles. The summed E-state index contributed by atoms with van der Waals surface area (Å²) in [5.74, 6) is 1.27. The fourth-order valence-corrected chi connectivity index (χ4v) is 1.53. The topological polar surface area (TPSA) is 48.2 Å². The highest BCUT2D eigenvalue weighted by molar-refractivity contribution is 9.10. The first-order valence-electron chi connectivity index (χ1n) is 4.91. The Morgan fingerprint density at radius 3 is 2.81 bits per heavy atom. The van der Waals surface area contributed by atoms with Crippen molar-refractivity contribution in [2.24, 2.45) is 0 Å². The van der Waals surface area contributed by atoms with Gasteiger partial charge in [0.2, 0.25) is 4.73 Å². The fourth-order valence-electron chi connectivity index (χ4n) is 1.30. The van der Waals surface area contributed by atoms with Crippen LogP contribution >= 0.6 is 15.9 Å². The number of nitrogens with zero attached hydrogens (tertiary/aromatic N) is 2. The molecule has 5 heteroatoms. The molecule has 0 aliphatic heterocycles. The molecule has 0 unspecified atom stereocenters. The first kappa shape index (κ1) is 11.1. The zero-order valence-corrected chi connectivity index (χ0v) is 10.6. The second-order valence-corrected chi connectivity index (χ2v) is 4.27. The molecule has 1 aromatic heterocycles. The number of hydrogen-bond acceptors (Lipinski definition) is 4. The third kappa shape index (κ3) is 2.61. The van der Waals surface area contributed by atoms with Crippen molar-refractivity contribution in [3.05, 3.63) is 29.0 Å². The number of hydrogen-bond donors (Lipinski definition) is 0. The predicted octanol–water partition coefficient (Wildman–Crippen LogP) is 3.29. The molecule has 0 aliphatic carbocycles.